The van der Waals surface area contributed by atoms with Gasteiger partial charge in [0.05, 0.1) is 13.4 Å². The van der Waals surface area contributed by atoms with Crippen LogP contribution in [0.1, 0.15) is 29.2 Å². The first kappa shape index (κ1) is 14.8. The van der Waals surface area contributed by atoms with Gasteiger partial charge >= 0.3 is 0 Å². The Morgan fingerprint density at radius 2 is 2.00 bits per heavy atom. The van der Waals surface area contributed by atoms with Crippen LogP contribution in [-0.4, -0.2) is 18.7 Å². The number of benzene rings is 1. The second kappa shape index (κ2) is 5.41. The molecule has 122 valence electrons. The molecule has 0 bridgehead atoms. The van der Waals surface area contributed by atoms with E-state index in [0.717, 1.165) is 50.1 Å². The fourth-order valence-electron chi connectivity index (χ4n) is 3.41. The smallest absolute Gasteiger partial charge is 0.221 e. The van der Waals surface area contributed by atoms with Crippen LogP contribution in [0.2, 0.25) is 0 Å². The molecule has 0 spiro atoms. The molecule has 0 fully saturated rings. The maximum Gasteiger partial charge on any atom is 0.221 e. The van der Waals surface area contributed by atoms with E-state index in [1.165, 1.54) is 0 Å². The molecule has 0 aliphatic carbocycles. The Labute approximate surface area is 140 Å². The highest BCUT2D eigenvalue weighted by Gasteiger charge is 2.26. The maximum absolute atomic E-state index is 6.03. The van der Waals surface area contributed by atoms with Crippen molar-refractivity contribution in [1.29, 1.82) is 0 Å². The number of nitrogens with zero attached hydrogens (tertiary/aromatic N) is 1. The molecule has 3 heterocycles. The lowest BCUT2D eigenvalue weighted by Crippen LogP contribution is -2.12. The Hall–Kier alpha value is -2.75. The molecule has 0 amide bonds. The standard InChI is InChI=1S/C20H19NO3/c1-11-9-23-18-13(3)19-16(8-15(11)18)17(12(2)10-24-19)14-6-5-7-21-20(14)22-4/h5-9H,10H2,1-4H3. The van der Waals surface area contributed by atoms with E-state index in [1.54, 1.807) is 19.6 Å². The molecule has 0 atom stereocenters. The summed E-state index contributed by atoms with van der Waals surface area (Å²) in [5.74, 6) is 1.50. The fourth-order valence-corrected chi connectivity index (χ4v) is 3.41. The van der Waals surface area contributed by atoms with Gasteiger partial charge < -0.3 is 13.9 Å². The van der Waals surface area contributed by atoms with E-state index in [1.807, 2.05) is 19.1 Å². The minimum atomic E-state index is 0.548. The van der Waals surface area contributed by atoms with Crippen LogP contribution in [0.5, 0.6) is 11.6 Å². The normalized spacial score (nSPS) is 13.8. The van der Waals surface area contributed by atoms with Gasteiger partial charge in [-0.15, -0.1) is 0 Å². The molecule has 0 saturated heterocycles. The monoisotopic (exact) mass is 321 g/mol. The predicted octanol–water partition coefficient (Wildman–Crippen LogP) is 4.67. The largest absolute Gasteiger partial charge is 0.488 e. The second-order valence-electron chi connectivity index (χ2n) is 6.18. The van der Waals surface area contributed by atoms with E-state index in [-0.39, 0.29) is 0 Å². The minimum Gasteiger partial charge on any atom is -0.488 e. The zero-order chi connectivity index (χ0) is 16.8. The molecule has 3 aromatic rings. The van der Waals surface area contributed by atoms with Crippen molar-refractivity contribution < 1.29 is 13.9 Å². The highest BCUT2D eigenvalue weighted by Crippen LogP contribution is 2.44. The molecule has 4 rings (SSSR count). The molecule has 4 heteroatoms. The van der Waals surface area contributed by atoms with E-state index in [0.29, 0.717) is 12.5 Å². The predicted molar refractivity (Wildman–Crippen MR) is 93.7 cm³/mol. The zero-order valence-corrected chi connectivity index (χ0v) is 14.3. The van der Waals surface area contributed by atoms with E-state index < -0.39 is 0 Å². The van der Waals surface area contributed by atoms with Crippen LogP contribution in [0.25, 0.3) is 16.5 Å². The SMILES string of the molecule is COc1ncccc1C1=C(C)COc2c1cc1c(C)coc1c2C. The minimum absolute atomic E-state index is 0.548. The first-order valence-electron chi connectivity index (χ1n) is 7.95. The third-order valence-corrected chi connectivity index (χ3v) is 4.60. The van der Waals surface area contributed by atoms with Gasteiger partial charge in [-0.1, -0.05) is 0 Å². The van der Waals surface area contributed by atoms with Crippen molar-refractivity contribution in [2.45, 2.75) is 20.8 Å². The number of ether oxygens (including phenoxy) is 2. The van der Waals surface area contributed by atoms with Crippen LogP contribution in [0.15, 0.2) is 40.6 Å². The Morgan fingerprint density at radius 3 is 2.79 bits per heavy atom. The number of fused-ring (bicyclic) bond motifs is 2. The Bertz CT molecular complexity index is 982. The molecule has 1 aliphatic heterocycles. The van der Waals surface area contributed by atoms with Crippen molar-refractivity contribution in [2.75, 3.05) is 13.7 Å². The molecule has 0 saturated carbocycles. The highest BCUT2D eigenvalue weighted by molar-refractivity contribution is 5.96. The first-order chi connectivity index (χ1) is 11.6. The first-order valence-corrected chi connectivity index (χ1v) is 7.95. The van der Waals surface area contributed by atoms with Crippen LogP contribution in [-0.2, 0) is 0 Å². The highest BCUT2D eigenvalue weighted by atomic mass is 16.5. The Kier molecular flexibility index (Phi) is 3.34. The maximum atomic E-state index is 6.03. The van der Waals surface area contributed by atoms with Gasteiger partial charge in [-0.2, -0.15) is 0 Å². The molecule has 24 heavy (non-hydrogen) atoms. The van der Waals surface area contributed by atoms with E-state index in [2.05, 4.69) is 24.9 Å². The summed E-state index contributed by atoms with van der Waals surface area (Å²) >= 11 is 0. The number of pyridine rings is 1. The summed E-state index contributed by atoms with van der Waals surface area (Å²) in [5.41, 5.74) is 7.39. The van der Waals surface area contributed by atoms with Crippen LogP contribution in [0.3, 0.4) is 0 Å². The van der Waals surface area contributed by atoms with Gasteiger partial charge in [0.2, 0.25) is 5.88 Å². The molecular formula is C20H19NO3. The Balaban J connectivity index is 2.05. The summed E-state index contributed by atoms with van der Waals surface area (Å²) in [6.45, 7) is 6.74. The lowest BCUT2D eigenvalue weighted by Gasteiger charge is -2.25. The molecule has 4 nitrogen and oxygen atoms in total. The summed E-state index contributed by atoms with van der Waals surface area (Å²) in [4.78, 5) is 4.36. The van der Waals surface area contributed by atoms with Gasteiger partial charge in [0, 0.05) is 33.8 Å². The number of aryl methyl sites for hydroxylation is 2. The van der Waals surface area contributed by atoms with Crippen molar-refractivity contribution in [3.63, 3.8) is 0 Å². The topological polar surface area (TPSA) is 44.5 Å². The van der Waals surface area contributed by atoms with Gasteiger partial charge in [0.25, 0.3) is 0 Å². The molecule has 0 radical (unpaired) electrons. The molecule has 1 aliphatic rings. The lowest BCUT2D eigenvalue weighted by molar-refractivity contribution is 0.343. The third kappa shape index (κ3) is 2.03. The van der Waals surface area contributed by atoms with Crippen LogP contribution < -0.4 is 9.47 Å². The number of furan rings is 1. The average Bonchev–Trinajstić information content (AvgIpc) is 2.96. The van der Waals surface area contributed by atoms with Gasteiger partial charge in [-0.05, 0) is 50.1 Å². The zero-order valence-electron chi connectivity index (χ0n) is 14.3. The van der Waals surface area contributed by atoms with Crippen molar-refractivity contribution in [3.05, 3.63) is 58.5 Å². The number of hydrogen-bond acceptors (Lipinski definition) is 4. The van der Waals surface area contributed by atoms with Crippen LogP contribution >= 0.6 is 0 Å². The quantitative estimate of drug-likeness (QED) is 0.688. The molecule has 0 N–H and O–H groups in total. The molecule has 1 aromatic carbocycles. The van der Waals surface area contributed by atoms with Crippen LogP contribution in [0, 0.1) is 13.8 Å². The van der Waals surface area contributed by atoms with Crippen molar-refractivity contribution >= 4 is 16.5 Å². The fraction of sp³-hybridized carbons (Fsp3) is 0.250. The second-order valence-corrected chi connectivity index (χ2v) is 6.18. The van der Waals surface area contributed by atoms with E-state index >= 15 is 0 Å². The number of hydrogen-bond donors (Lipinski definition) is 0. The van der Waals surface area contributed by atoms with Crippen molar-refractivity contribution in [2.24, 2.45) is 0 Å². The van der Waals surface area contributed by atoms with Gasteiger partial charge in [0.15, 0.2) is 0 Å². The average molecular weight is 321 g/mol. The van der Waals surface area contributed by atoms with E-state index in [9.17, 15) is 0 Å². The number of methoxy groups -OCH3 is 1. The van der Waals surface area contributed by atoms with Gasteiger partial charge in [0.1, 0.15) is 17.9 Å². The third-order valence-electron chi connectivity index (χ3n) is 4.60. The summed E-state index contributed by atoms with van der Waals surface area (Å²) in [6, 6.07) is 6.13. The van der Waals surface area contributed by atoms with E-state index in [4.69, 9.17) is 13.9 Å². The molecule has 0 unspecified atom stereocenters. The Morgan fingerprint density at radius 1 is 1.17 bits per heavy atom. The van der Waals surface area contributed by atoms with Crippen molar-refractivity contribution in [3.8, 4) is 11.6 Å². The van der Waals surface area contributed by atoms with Gasteiger partial charge in [-0.25, -0.2) is 4.98 Å². The molecule has 2 aromatic heterocycles. The summed E-state index contributed by atoms with van der Waals surface area (Å²) in [5, 5.41) is 1.12. The summed E-state index contributed by atoms with van der Waals surface area (Å²) in [6.07, 6.45) is 3.54. The summed E-state index contributed by atoms with van der Waals surface area (Å²) < 4.78 is 17.2. The number of rotatable bonds is 2. The number of aromatic nitrogens is 1. The van der Waals surface area contributed by atoms with Crippen molar-refractivity contribution in [1.82, 2.24) is 4.98 Å². The molecular weight excluding hydrogens is 302 g/mol. The van der Waals surface area contributed by atoms with Gasteiger partial charge in [-0.3, -0.25) is 0 Å². The lowest BCUT2D eigenvalue weighted by atomic mass is 9.89. The summed E-state index contributed by atoms with van der Waals surface area (Å²) in [7, 11) is 1.65. The van der Waals surface area contributed by atoms with Crippen LogP contribution in [0.4, 0.5) is 0 Å².